The molecule has 4 heteroatoms. The second kappa shape index (κ2) is 6.01. The molecule has 2 aromatic rings. The first-order valence-corrected chi connectivity index (χ1v) is 7.26. The van der Waals surface area contributed by atoms with E-state index < -0.39 is 5.91 Å². The van der Waals surface area contributed by atoms with E-state index in [1.54, 1.807) is 23.9 Å². The monoisotopic (exact) mass is 286 g/mol. The smallest absolute Gasteiger partial charge is 0.250 e. The summed E-state index contributed by atoms with van der Waals surface area (Å²) in [5.41, 5.74) is 13.1. The zero-order valence-corrected chi connectivity index (χ0v) is 12.4. The molecule has 0 unspecified atom stereocenters. The van der Waals surface area contributed by atoms with Gasteiger partial charge in [-0.3, -0.25) is 4.79 Å². The van der Waals surface area contributed by atoms with Crippen LogP contribution in [0.3, 0.4) is 0 Å². The van der Waals surface area contributed by atoms with E-state index in [0.29, 0.717) is 17.2 Å². The van der Waals surface area contributed by atoms with Crippen LogP contribution in [-0.2, 0) is 0 Å². The Morgan fingerprint density at radius 3 is 2.20 bits per heavy atom. The van der Waals surface area contributed by atoms with Crippen molar-refractivity contribution in [3.05, 3.63) is 53.6 Å². The number of nitrogens with two attached hydrogens (primary N) is 2. The lowest BCUT2D eigenvalue weighted by molar-refractivity contribution is 0.100. The largest absolute Gasteiger partial charge is 0.398 e. The van der Waals surface area contributed by atoms with E-state index in [4.69, 9.17) is 11.5 Å². The van der Waals surface area contributed by atoms with Crippen LogP contribution in [-0.4, -0.2) is 5.91 Å². The zero-order chi connectivity index (χ0) is 14.7. The van der Waals surface area contributed by atoms with E-state index in [1.165, 1.54) is 5.56 Å². The Labute approximate surface area is 123 Å². The van der Waals surface area contributed by atoms with Gasteiger partial charge < -0.3 is 11.5 Å². The minimum Gasteiger partial charge on any atom is -0.398 e. The summed E-state index contributed by atoms with van der Waals surface area (Å²) in [6.45, 7) is 4.34. The lowest BCUT2D eigenvalue weighted by Gasteiger charge is -2.08. The van der Waals surface area contributed by atoms with Crippen molar-refractivity contribution in [2.24, 2.45) is 5.73 Å². The van der Waals surface area contributed by atoms with Crippen molar-refractivity contribution in [1.29, 1.82) is 0 Å². The number of nitrogen functional groups attached to an aromatic ring is 1. The number of carbonyl (C=O) groups is 1. The minimum atomic E-state index is -0.500. The lowest BCUT2D eigenvalue weighted by Crippen LogP contribution is -2.13. The molecule has 0 bridgehead atoms. The Bertz CT molecular complexity index is 621. The third-order valence-corrected chi connectivity index (χ3v) is 4.07. The van der Waals surface area contributed by atoms with Crippen molar-refractivity contribution >= 4 is 23.4 Å². The lowest BCUT2D eigenvalue weighted by atomic mass is 10.0. The molecular formula is C16H18N2OS. The molecule has 0 fully saturated rings. The second-order valence-electron chi connectivity index (χ2n) is 4.94. The number of hydrogen-bond acceptors (Lipinski definition) is 3. The minimum absolute atomic E-state index is 0.369. The standard InChI is InChI=1S/C16H18N2OS/c1-10(2)11-3-5-12(6-4-11)20-13-7-8-15(17)14(9-13)16(18)19/h3-10H,17H2,1-2H3,(H2,18,19). The van der Waals surface area contributed by atoms with E-state index in [0.717, 1.165) is 9.79 Å². The van der Waals surface area contributed by atoms with E-state index in [1.807, 2.05) is 6.07 Å². The second-order valence-corrected chi connectivity index (χ2v) is 6.09. The molecule has 0 heterocycles. The van der Waals surface area contributed by atoms with Crippen LogP contribution in [0.15, 0.2) is 52.3 Å². The normalized spacial score (nSPS) is 10.8. The van der Waals surface area contributed by atoms with Crippen molar-refractivity contribution in [3.8, 4) is 0 Å². The van der Waals surface area contributed by atoms with Gasteiger partial charge in [0.25, 0.3) is 5.91 Å². The molecule has 0 saturated heterocycles. The maximum atomic E-state index is 11.3. The fourth-order valence-electron chi connectivity index (χ4n) is 1.87. The number of rotatable bonds is 4. The van der Waals surface area contributed by atoms with Crippen LogP contribution in [0.2, 0.25) is 0 Å². The quantitative estimate of drug-likeness (QED) is 0.843. The predicted octanol–water partition coefficient (Wildman–Crippen LogP) is 3.64. The molecule has 0 saturated carbocycles. The molecule has 20 heavy (non-hydrogen) atoms. The number of carbonyl (C=O) groups excluding carboxylic acids is 1. The van der Waals surface area contributed by atoms with Crippen molar-refractivity contribution in [2.45, 2.75) is 29.6 Å². The highest BCUT2D eigenvalue weighted by Crippen LogP contribution is 2.30. The van der Waals surface area contributed by atoms with Crippen molar-refractivity contribution < 1.29 is 4.79 Å². The van der Waals surface area contributed by atoms with Crippen LogP contribution < -0.4 is 11.5 Å². The van der Waals surface area contributed by atoms with Crippen LogP contribution in [0.25, 0.3) is 0 Å². The van der Waals surface area contributed by atoms with Crippen molar-refractivity contribution in [3.63, 3.8) is 0 Å². The van der Waals surface area contributed by atoms with E-state index in [9.17, 15) is 4.79 Å². The maximum absolute atomic E-state index is 11.3. The predicted molar refractivity (Wildman–Crippen MR) is 84.0 cm³/mol. The van der Waals surface area contributed by atoms with Crippen LogP contribution in [0, 0.1) is 0 Å². The van der Waals surface area contributed by atoms with Gasteiger partial charge in [0.2, 0.25) is 0 Å². The first kappa shape index (κ1) is 14.5. The molecule has 0 spiro atoms. The van der Waals surface area contributed by atoms with E-state index in [2.05, 4.69) is 38.1 Å². The SMILES string of the molecule is CC(C)c1ccc(Sc2ccc(N)c(C(N)=O)c2)cc1. The molecular weight excluding hydrogens is 268 g/mol. The summed E-state index contributed by atoms with van der Waals surface area (Å²) in [4.78, 5) is 13.3. The van der Waals surface area contributed by atoms with Gasteiger partial charge in [-0.15, -0.1) is 0 Å². The Kier molecular flexibility index (Phi) is 4.35. The first-order chi connectivity index (χ1) is 9.47. The van der Waals surface area contributed by atoms with Crippen molar-refractivity contribution in [1.82, 2.24) is 0 Å². The van der Waals surface area contributed by atoms with Crippen LogP contribution in [0.1, 0.15) is 35.7 Å². The molecule has 0 aromatic heterocycles. The topological polar surface area (TPSA) is 69.1 Å². The number of hydrogen-bond donors (Lipinski definition) is 2. The third-order valence-electron chi connectivity index (χ3n) is 3.07. The van der Waals surface area contributed by atoms with Gasteiger partial charge in [-0.05, 0) is 41.8 Å². The Morgan fingerprint density at radius 2 is 1.65 bits per heavy atom. The molecule has 0 aliphatic carbocycles. The molecule has 0 aliphatic rings. The average Bonchev–Trinajstić information content (AvgIpc) is 2.41. The van der Waals surface area contributed by atoms with Gasteiger partial charge in [0.05, 0.1) is 5.56 Å². The fourth-order valence-corrected chi connectivity index (χ4v) is 2.73. The average molecular weight is 286 g/mol. The summed E-state index contributed by atoms with van der Waals surface area (Å²) in [6, 6.07) is 13.8. The highest BCUT2D eigenvalue weighted by Gasteiger charge is 2.08. The van der Waals surface area contributed by atoms with Gasteiger partial charge >= 0.3 is 0 Å². The summed E-state index contributed by atoms with van der Waals surface area (Å²) < 4.78 is 0. The molecule has 0 radical (unpaired) electrons. The highest BCUT2D eigenvalue weighted by molar-refractivity contribution is 7.99. The molecule has 0 atom stereocenters. The number of primary amides is 1. The number of anilines is 1. The number of amides is 1. The molecule has 4 N–H and O–H groups in total. The van der Waals surface area contributed by atoms with Crippen LogP contribution in [0.4, 0.5) is 5.69 Å². The Hall–Kier alpha value is -1.94. The number of benzene rings is 2. The van der Waals surface area contributed by atoms with Gasteiger partial charge in [0.1, 0.15) is 0 Å². The molecule has 104 valence electrons. The fraction of sp³-hybridized carbons (Fsp3) is 0.188. The third kappa shape index (κ3) is 3.33. The van der Waals surface area contributed by atoms with Crippen LogP contribution in [0.5, 0.6) is 0 Å². The summed E-state index contributed by atoms with van der Waals surface area (Å²) >= 11 is 1.58. The molecule has 0 aliphatic heterocycles. The van der Waals surface area contributed by atoms with Crippen LogP contribution >= 0.6 is 11.8 Å². The summed E-state index contributed by atoms with van der Waals surface area (Å²) in [5.74, 6) is 0.0205. The Balaban J connectivity index is 2.21. The summed E-state index contributed by atoms with van der Waals surface area (Å²) in [7, 11) is 0. The van der Waals surface area contributed by atoms with Gasteiger partial charge in [-0.25, -0.2) is 0 Å². The summed E-state index contributed by atoms with van der Waals surface area (Å²) in [6.07, 6.45) is 0. The Morgan fingerprint density at radius 1 is 1.05 bits per heavy atom. The zero-order valence-electron chi connectivity index (χ0n) is 11.6. The van der Waals surface area contributed by atoms with Gasteiger partial charge in [-0.2, -0.15) is 0 Å². The van der Waals surface area contributed by atoms with Gasteiger partial charge in [0, 0.05) is 15.5 Å². The molecule has 1 amide bonds. The first-order valence-electron chi connectivity index (χ1n) is 6.44. The molecule has 3 nitrogen and oxygen atoms in total. The van der Waals surface area contributed by atoms with Gasteiger partial charge in [0.15, 0.2) is 0 Å². The molecule has 2 aromatic carbocycles. The highest BCUT2D eigenvalue weighted by atomic mass is 32.2. The van der Waals surface area contributed by atoms with Gasteiger partial charge in [-0.1, -0.05) is 37.7 Å². The van der Waals surface area contributed by atoms with Crippen molar-refractivity contribution in [2.75, 3.05) is 5.73 Å². The summed E-state index contributed by atoms with van der Waals surface area (Å²) in [5, 5.41) is 0. The molecule has 2 rings (SSSR count). The van der Waals surface area contributed by atoms with E-state index >= 15 is 0 Å². The van der Waals surface area contributed by atoms with E-state index in [-0.39, 0.29) is 0 Å². The maximum Gasteiger partial charge on any atom is 0.250 e.